The summed E-state index contributed by atoms with van der Waals surface area (Å²) in [4.78, 5) is 31.7. The van der Waals surface area contributed by atoms with Crippen molar-refractivity contribution in [2.45, 2.75) is 0 Å². The molecular formula is C134H80N12. The van der Waals surface area contributed by atoms with Crippen LogP contribution in [-0.2, 0) is 0 Å². The van der Waals surface area contributed by atoms with E-state index in [0.717, 1.165) is 134 Å². The Balaban J connectivity index is 0.0000001000. The number of hydrogen-bond donors (Lipinski definition) is 0. The van der Waals surface area contributed by atoms with Crippen molar-refractivity contribution in [3.8, 4) is 62.4 Å². The van der Waals surface area contributed by atoms with E-state index >= 15 is 0 Å². The van der Waals surface area contributed by atoms with E-state index in [0.29, 0.717) is 0 Å². The lowest BCUT2D eigenvalue weighted by atomic mass is 9.89. The number of fused-ring (bicyclic) bond motifs is 37. The molecule has 0 saturated heterocycles. The zero-order valence-corrected chi connectivity index (χ0v) is 78.6. The second-order valence-corrected chi connectivity index (χ2v) is 38.2. The van der Waals surface area contributed by atoms with Crippen LogP contribution in [0.4, 0.5) is 0 Å². The van der Waals surface area contributed by atoms with E-state index in [2.05, 4.69) is 506 Å². The third-order valence-electron chi connectivity index (χ3n) is 30.4. The minimum Gasteiger partial charge on any atom is -0.278 e. The average molecular weight is 1860 g/mol. The number of para-hydroxylation sites is 12. The van der Waals surface area contributed by atoms with E-state index in [4.69, 9.17) is 29.9 Å². The summed E-state index contributed by atoms with van der Waals surface area (Å²) in [6, 6.07) is 174. The van der Waals surface area contributed by atoms with E-state index in [1.807, 2.05) is 6.07 Å². The number of aromatic nitrogens is 12. The van der Waals surface area contributed by atoms with Crippen LogP contribution in [0.15, 0.2) is 485 Å². The molecule has 9 aromatic heterocycles. The summed E-state index contributed by atoms with van der Waals surface area (Å²) in [6.45, 7) is 0. The molecule has 0 atom stereocenters. The molecule has 12 heteroatoms. The van der Waals surface area contributed by atoms with Crippen molar-refractivity contribution in [3.63, 3.8) is 0 Å². The Morgan fingerprint density at radius 3 is 0.753 bits per heavy atom. The van der Waals surface area contributed by atoms with E-state index in [-0.39, 0.29) is 0 Å². The second-order valence-electron chi connectivity index (χ2n) is 38.2. The SMILES string of the molecule is c1ccc2c(-c3cc4c5ccccc5n(-c5nc6ccccc6c6nc7ccccc7n56)c4c4ccccc34)cccc2c1.c1ccc2c(c1)cc(-c1cc3c4ccccc4n(-c4nc5ccccc5c5nc6ccccc6n45)c3c3ccccc13)c1ccccc12.c1ccc2c(c1)cc(-c1ccc(-c3cc4c5ccccc5n(-c5nc6ccccc6c6nc7ccccc7n56)c4c4ccccc34)cc1)c1ccccc12. The highest BCUT2D eigenvalue weighted by Crippen LogP contribution is 2.50. The number of imidazole rings is 3. The van der Waals surface area contributed by atoms with Gasteiger partial charge in [0.15, 0.2) is 0 Å². The molecule has 676 valence electrons. The highest BCUT2D eigenvalue weighted by molar-refractivity contribution is 6.28. The van der Waals surface area contributed by atoms with Gasteiger partial charge >= 0.3 is 0 Å². The molecule has 9 heterocycles. The van der Waals surface area contributed by atoms with Crippen LogP contribution in [0.25, 0.3) is 297 Å². The third-order valence-corrected chi connectivity index (χ3v) is 30.4. The molecule has 0 saturated carbocycles. The quantitative estimate of drug-likeness (QED) is 0.147. The summed E-state index contributed by atoms with van der Waals surface area (Å²) in [6.07, 6.45) is 0. The molecule has 33 rings (SSSR count). The normalized spacial score (nSPS) is 12.1. The summed E-state index contributed by atoms with van der Waals surface area (Å²) >= 11 is 0. The average Bonchev–Trinajstić information content (AvgIpc) is 1.51. The molecule has 24 aromatic carbocycles. The lowest BCUT2D eigenvalue weighted by molar-refractivity contribution is 0.981. The van der Waals surface area contributed by atoms with Gasteiger partial charge in [-0.05, 0) is 236 Å². The highest BCUT2D eigenvalue weighted by atomic mass is 15.3. The van der Waals surface area contributed by atoms with Gasteiger partial charge in [-0.25, -0.2) is 29.9 Å². The van der Waals surface area contributed by atoms with Crippen LogP contribution in [0.5, 0.6) is 0 Å². The summed E-state index contributed by atoms with van der Waals surface area (Å²) in [5, 5.41) is 30.1. The maximum atomic E-state index is 5.42. The predicted molar refractivity (Wildman–Crippen MR) is 609 cm³/mol. The molecule has 0 aliphatic heterocycles. The molecule has 0 radical (unpaired) electrons. The Morgan fingerprint density at radius 1 is 0.130 bits per heavy atom. The van der Waals surface area contributed by atoms with Gasteiger partial charge in [0.25, 0.3) is 0 Å². The molecule has 0 amide bonds. The lowest BCUT2D eigenvalue weighted by Crippen LogP contribution is -2.06. The van der Waals surface area contributed by atoms with Gasteiger partial charge in [0.2, 0.25) is 17.8 Å². The van der Waals surface area contributed by atoms with Crippen molar-refractivity contribution < 1.29 is 0 Å². The predicted octanol–water partition coefficient (Wildman–Crippen LogP) is 34.3. The maximum Gasteiger partial charge on any atom is 0.221 e. The molecule has 0 unspecified atom stereocenters. The van der Waals surface area contributed by atoms with E-state index in [9.17, 15) is 0 Å². The first-order valence-corrected chi connectivity index (χ1v) is 49.7. The lowest BCUT2D eigenvalue weighted by Gasteiger charge is -2.16. The first-order valence-electron chi connectivity index (χ1n) is 49.7. The van der Waals surface area contributed by atoms with Crippen LogP contribution in [0.1, 0.15) is 0 Å². The van der Waals surface area contributed by atoms with Gasteiger partial charge in [0, 0.05) is 64.6 Å². The topological polar surface area (TPSA) is 105 Å². The van der Waals surface area contributed by atoms with Crippen molar-refractivity contribution >= 4 is 234 Å². The van der Waals surface area contributed by atoms with Crippen LogP contribution in [0.3, 0.4) is 0 Å². The van der Waals surface area contributed by atoms with Crippen molar-refractivity contribution in [1.29, 1.82) is 0 Å². The number of rotatable bonds is 7. The van der Waals surface area contributed by atoms with Crippen LogP contribution in [-0.4, -0.2) is 56.8 Å². The van der Waals surface area contributed by atoms with Crippen molar-refractivity contribution in [2.75, 3.05) is 0 Å². The van der Waals surface area contributed by atoms with E-state index in [1.54, 1.807) is 0 Å². The zero-order chi connectivity index (χ0) is 95.5. The summed E-state index contributed by atoms with van der Waals surface area (Å²) in [5.41, 5.74) is 28.0. The molecule has 146 heavy (non-hydrogen) atoms. The molecule has 0 aliphatic carbocycles. The van der Waals surface area contributed by atoms with Gasteiger partial charge in [0.05, 0.1) is 82.8 Å². The van der Waals surface area contributed by atoms with Gasteiger partial charge in [-0.3, -0.25) is 26.9 Å². The van der Waals surface area contributed by atoms with Gasteiger partial charge in [-0.2, -0.15) is 0 Å². The fourth-order valence-corrected chi connectivity index (χ4v) is 24.1. The Morgan fingerprint density at radius 2 is 0.370 bits per heavy atom. The monoisotopic (exact) mass is 1860 g/mol. The fraction of sp³-hybridized carbons (Fsp3) is 0. The smallest absolute Gasteiger partial charge is 0.221 e. The number of hydrogen-bond acceptors (Lipinski definition) is 6. The fourth-order valence-electron chi connectivity index (χ4n) is 24.1. The number of nitrogens with zero attached hydrogens (tertiary/aromatic N) is 12. The molecule has 0 spiro atoms. The standard InChI is InChI=1S/C50H30N4.C44H26N4.C40H24N4/c1-2-14-34-33(13-1)29-41(36-16-4-3-15-35(34)36)31-25-27-32(28-26-31)42-30-43-38-18-8-11-23-46(38)53(48(43)39-19-6-5-17-37(39)42)50-52-44-21-9-7-20-40(44)49-51-45-22-10-12-24-47(45)54(49)50;1-2-14-28-27(13-1)25-35(30-16-4-3-15-29(28)30)36-26-37-32-18-8-11-23-40(32)47(42(37)33-19-6-5-17-31(33)36)44-46-38-21-9-7-20-34(38)43-45-39-22-10-12-24-41(39)48(43)44;1-2-14-26-25(12-1)13-11-19-27(26)32-24-33-29-16-6-9-22-36(29)43(38(33)30-17-4-3-15-28(30)32)40-42-34-20-7-5-18-31(34)39-41-35-21-8-10-23-37(35)44(39)40/h1-30H;1-26H;1-24H. The Bertz CT molecular complexity index is 11400. The molecule has 0 bridgehead atoms. The van der Waals surface area contributed by atoms with Gasteiger partial charge < -0.3 is 0 Å². The highest BCUT2D eigenvalue weighted by Gasteiger charge is 2.30. The van der Waals surface area contributed by atoms with Crippen molar-refractivity contribution in [1.82, 2.24) is 56.8 Å². The van der Waals surface area contributed by atoms with Crippen molar-refractivity contribution in [2.24, 2.45) is 0 Å². The van der Waals surface area contributed by atoms with Crippen LogP contribution < -0.4 is 0 Å². The Hall–Kier alpha value is -19.8. The van der Waals surface area contributed by atoms with Crippen LogP contribution in [0, 0.1) is 0 Å². The minimum absolute atomic E-state index is 0.827. The third kappa shape index (κ3) is 12.1. The zero-order valence-electron chi connectivity index (χ0n) is 78.6. The molecule has 12 nitrogen and oxygen atoms in total. The maximum absolute atomic E-state index is 5.42. The number of benzene rings is 24. The summed E-state index contributed by atoms with van der Waals surface area (Å²) in [7, 11) is 0. The van der Waals surface area contributed by atoms with Gasteiger partial charge in [-0.15, -0.1) is 0 Å². The van der Waals surface area contributed by atoms with Crippen LogP contribution >= 0.6 is 0 Å². The van der Waals surface area contributed by atoms with Crippen LogP contribution in [0.2, 0.25) is 0 Å². The minimum atomic E-state index is 0.827. The molecular weight excluding hydrogens is 1780 g/mol. The molecule has 0 fully saturated rings. The molecule has 33 aromatic rings. The first kappa shape index (κ1) is 81.1. The van der Waals surface area contributed by atoms with Gasteiger partial charge in [-0.1, -0.05) is 364 Å². The molecule has 0 aliphatic rings. The second kappa shape index (κ2) is 31.9. The van der Waals surface area contributed by atoms with Gasteiger partial charge in [0.1, 0.15) is 16.9 Å². The van der Waals surface area contributed by atoms with E-state index < -0.39 is 0 Å². The molecule has 0 N–H and O–H groups in total. The Kier molecular flexibility index (Phi) is 17.7. The van der Waals surface area contributed by atoms with E-state index in [1.165, 1.54) is 163 Å². The largest absolute Gasteiger partial charge is 0.278 e. The van der Waals surface area contributed by atoms with Crippen molar-refractivity contribution in [3.05, 3.63) is 485 Å². The summed E-state index contributed by atoms with van der Waals surface area (Å²) < 4.78 is 13.8. The summed E-state index contributed by atoms with van der Waals surface area (Å²) in [5.74, 6) is 2.49. The Labute approximate surface area is 833 Å². The first-order chi connectivity index (χ1) is 72.5.